The maximum Gasteiger partial charge on any atom is 0.0763 e. The van der Waals surface area contributed by atoms with Crippen molar-refractivity contribution in [2.24, 2.45) is 4.99 Å². The minimum absolute atomic E-state index is 1.02. The van der Waals surface area contributed by atoms with Crippen LogP contribution in [0.2, 0.25) is 0 Å². The number of hydrogen-bond acceptors (Lipinski definition) is 1. The summed E-state index contributed by atoms with van der Waals surface area (Å²) in [6, 6.07) is 16.3. The van der Waals surface area contributed by atoms with E-state index in [1.165, 1.54) is 7.14 Å². The molecule has 0 aliphatic carbocycles. The van der Waals surface area contributed by atoms with Gasteiger partial charge in [-0.2, -0.15) is 0 Å². The molecule has 2 aromatic carbocycles. The second-order valence-corrected chi connectivity index (χ2v) is 5.56. The number of hydrogen-bond donors (Lipinski definition) is 0. The highest BCUT2D eigenvalue weighted by atomic mass is 127. The van der Waals surface area contributed by atoms with Crippen molar-refractivity contribution in [2.75, 3.05) is 0 Å². The van der Waals surface area contributed by atoms with Crippen LogP contribution in [0.4, 0.5) is 5.69 Å². The second-order valence-electron chi connectivity index (χ2n) is 3.23. The van der Waals surface area contributed by atoms with Gasteiger partial charge in [-0.1, -0.05) is 30.3 Å². The summed E-state index contributed by atoms with van der Waals surface area (Å²) in [5.74, 6) is 0. The summed E-state index contributed by atoms with van der Waals surface area (Å²) in [6.07, 6.45) is 1.92. The molecule has 1 nitrogen and oxygen atoms in total. The minimum Gasteiger partial charge on any atom is -0.255 e. The molecular weight excluding hydrogens is 424 g/mol. The lowest BCUT2D eigenvalue weighted by atomic mass is 10.2. The highest BCUT2D eigenvalue weighted by Gasteiger charge is 1.96. The van der Waals surface area contributed by atoms with E-state index in [2.05, 4.69) is 68.4 Å². The number of para-hydroxylation sites is 1. The van der Waals surface area contributed by atoms with E-state index >= 15 is 0 Å². The Labute approximate surface area is 122 Å². The molecule has 0 aromatic heterocycles. The monoisotopic (exact) mass is 433 g/mol. The van der Waals surface area contributed by atoms with Gasteiger partial charge in [0.2, 0.25) is 0 Å². The standard InChI is InChI=1S/C13H9I2N/c14-11-6-2-1-5-10(11)9-16-13-8-4-3-7-12(13)15/h1-9H. The molecule has 16 heavy (non-hydrogen) atoms. The first-order valence-corrected chi connectivity index (χ1v) is 6.96. The zero-order valence-electron chi connectivity index (χ0n) is 8.40. The van der Waals surface area contributed by atoms with Crippen LogP contribution in [0.3, 0.4) is 0 Å². The average molecular weight is 433 g/mol. The zero-order valence-corrected chi connectivity index (χ0v) is 12.7. The van der Waals surface area contributed by atoms with Gasteiger partial charge in [-0.3, -0.25) is 4.99 Å². The third-order valence-corrected chi connectivity index (χ3v) is 4.00. The molecule has 0 heterocycles. The predicted octanol–water partition coefficient (Wildman–Crippen LogP) is 4.65. The van der Waals surface area contributed by atoms with Crippen LogP contribution in [-0.2, 0) is 0 Å². The molecule has 0 aliphatic rings. The van der Waals surface area contributed by atoms with E-state index < -0.39 is 0 Å². The Morgan fingerprint density at radius 2 is 1.44 bits per heavy atom. The van der Waals surface area contributed by atoms with Gasteiger partial charge in [-0.05, 0) is 63.4 Å². The molecule has 80 valence electrons. The second kappa shape index (κ2) is 5.77. The summed E-state index contributed by atoms with van der Waals surface area (Å²) < 4.78 is 2.39. The van der Waals surface area contributed by atoms with Gasteiger partial charge in [-0.15, -0.1) is 0 Å². The van der Waals surface area contributed by atoms with Crippen molar-refractivity contribution in [3.63, 3.8) is 0 Å². The number of aliphatic imine (C=N–C) groups is 1. The Bertz CT molecular complexity index is 473. The van der Waals surface area contributed by atoms with Crippen molar-refractivity contribution in [1.29, 1.82) is 0 Å². The van der Waals surface area contributed by atoms with E-state index in [0.29, 0.717) is 0 Å². The van der Waals surface area contributed by atoms with Crippen LogP contribution >= 0.6 is 45.2 Å². The summed E-state index contributed by atoms with van der Waals surface area (Å²) in [4.78, 5) is 4.50. The fourth-order valence-electron chi connectivity index (χ4n) is 1.28. The first-order chi connectivity index (χ1) is 7.77. The molecule has 0 unspecified atom stereocenters. The summed E-state index contributed by atoms with van der Waals surface area (Å²) in [7, 11) is 0. The van der Waals surface area contributed by atoms with Crippen LogP contribution in [0.25, 0.3) is 0 Å². The topological polar surface area (TPSA) is 12.4 Å². The predicted molar refractivity (Wildman–Crippen MR) is 85.6 cm³/mol. The largest absolute Gasteiger partial charge is 0.255 e. The fraction of sp³-hybridized carbons (Fsp3) is 0. The Hall–Kier alpha value is -0.430. The van der Waals surface area contributed by atoms with Gasteiger partial charge in [0.1, 0.15) is 0 Å². The summed E-state index contributed by atoms with van der Waals surface area (Å²) in [5, 5.41) is 0. The quantitative estimate of drug-likeness (QED) is 0.484. The lowest BCUT2D eigenvalue weighted by Gasteiger charge is -1.98. The highest BCUT2D eigenvalue weighted by Crippen LogP contribution is 2.20. The summed E-state index contributed by atoms with van der Waals surface area (Å²) in [6.45, 7) is 0. The van der Waals surface area contributed by atoms with E-state index in [-0.39, 0.29) is 0 Å². The van der Waals surface area contributed by atoms with Crippen molar-refractivity contribution in [3.8, 4) is 0 Å². The maximum atomic E-state index is 4.50. The van der Waals surface area contributed by atoms with Crippen molar-refractivity contribution < 1.29 is 0 Å². The lowest BCUT2D eigenvalue weighted by molar-refractivity contribution is 1.49. The molecule has 0 radical (unpaired) electrons. The van der Waals surface area contributed by atoms with Gasteiger partial charge in [0, 0.05) is 18.9 Å². The van der Waals surface area contributed by atoms with Crippen LogP contribution in [0.1, 0.15) is 5.56 Å². The maximum absolute atomic E-state index is 4.50. The van der Waals surface area contributed by atoms with Gasteiger partial charge in [0.05, 0.1) is 5.69 Å². The lowest BCUT2D eigenvalue weighted by Crippen LogP contribution is -1.85. The molecule has 0 atom stereocenters. The average Bonchev–Trinajstić information content (AvgIpc) is 2.30. The Morgan fingerprint density at radius 1 is 0.812 bits per heavy atom. The van der Waals surface area contributed by atoms with Crippen molar-refractivity contribution >= 4 is 57.1 Å². The number of halogens is 2. The van der Waals surface area contributed by atoms with E-state index in [9.17, 15) is 0 Å². The molecule has 0 aliphatic heterocycles. The SMILES string of the molecule is Ic1ccccc1C=Nc1ccccc1I. The van der Waals surface area contributed by atoms with Crippen LogP contribution in [-0.4, -0.2) is 6.21 Å². The molecule has 0 bridgehead atoms. The molecule has 0 amide bonds. The Balaban J connectivity index is 2.29. The molecule has 0 saturated heterocycles. The molecule has 0 spiro atoms. The first kappa shape index (κ1) is 12.0. The van der Waals surface area contributed by atoms with E-state index in [0.717, 1.165) is 11.3 Å². The fourth-order valence-corrected chi connectivity index (χ4v) is 2.33. The van der Waals surface area contributed by atoms with Gasteiger partial charge in [0.15, 0.2) is 0 Å². The van der Waals surface area contributed by atoms with Crippen LogP contribution in [0.5, 0.6) is 0 Å². The van der Waals surface area contributed by atoms with Crippen molar-refractivity contribution in [1.82, 2.24) is 0 Å². The molecular formula is C13H9I2N. The smallest absolute Gasteiger partial charge is 0.0763 e. The van der Waals surface area contributed by atoms with Gasteiger partial charge < -0.3 is 0 Å². The zero-order chi connectivity index (χ0) is 11.4. The van der Waals surface area contributed by atoms with Gasteiger partial charge in [-0.25, -0.2) is 0 Å². The van der Waals surface area contributed by atoms with Crippen LogP contribution < -0.4 is 0 Å². The number of rotatable bonds is 2. The molecule has 0 N–H and O–H groups in total. The van der Waals surface area contributed by atoms with Crippen molar-refractivity contribution in [2.45, 2.75) is 0 Å². The normalized spacial score (nSPS) is 10.9. The van der Waals surface area contributed by atoms with Crippen molar-refractivity contribution in [3.05, 3.63) is 61.2 Å². The van der Waals surface area contributed by atoms with Crippen LogP contribution in [0, 0.1) is 7.14 Å². The first-order valence-electron chi connectivity index (χ1n) is 4.80. The van der Waals surface area contributed by atoms with E-state index in [4.69, 9.17) is 0 Å². The Kier molecular flexibility index (Phi) is 4.34. The highest BCUT2D eigenvalue weighted by molar-refractivity contribution is 14.1. The molecule has 3 heteroatoms. The molecule has 0 saturated carbocycles. The van der Waals surface area contributed by atoms with Crippen LogP contribution in [0.15, 0.2) is 53.5 Å². The van der Waals surface area contributed by atoms with Gasteiger partial charge in [0.25, 0.3) is 0 Å². The number of nitrogens with zero attached hydrogens (tertiary/aromatic N) is 1. The third-order valence-electron chi connectivity index (χ3n) is 2.10. The Morgan fingerprint density at radius 3 is 2.12 bits per heavy atom. The molecule has 0 fully saturated rings. The third kappa shape index (κ3) is 3.04. The minimum atomic E-state index is 1.02. The summed E-state index contributed by atoms with van der Waals surface area (Å²) in [5.41, 5.74) is 2.17. The molecule has 2 aromatic rings. The summed E-state index contributed by atoms with van der Waals surface area (Å²) >= 11 is 4.61. The van der Waals surface area contributed by atoms with E-state index in [1.807, 2.05) is 36.5 Å². The number of benzene rings is 2. The van der Waals surface area contributed by atoms with Gasteiger partial charge >= 0.3 is 0 Å². The van der Waals surface area contributed by atoms with E-state index in [1.54, 1.807) is 0 Å². The molecule has 2 rings (SSSR count).